The molecule has 3 N–H and O–H groups in total. The minimum absolute atomic E-state index is 0.0543. The third kappa shape index (κ3) is 4.36. The molecule has 1 atom stereocenters. The number of nitrogens with two attached hydrogens (primary N) is 1. The summed E-state index contributed by atoms with van der Waals surface area (Å²) >= 11 is 0. The lowest BCUT2D eigenvalue weighted by Crippen LogP contribution is -2.33. The van der Waals surface area contributed by atoms with Gasteiger partial charge in [-0.25, -0.2) is 13.6 Å². The van der Waals surface area contributed by atoms with Gasteiger partial charge in [-0.2, -0.15) is 0 Å². The molecule has 1 rings (SSSR count). The summed E-state index contributed by atoms with van der Waals surface area (Å²) in [6.07, 6.45) is 4.34. The lowest BCUT2D eigenvalue weighted by Gasteiger charge is -2.13. The van der Waals surface area contributed by atoms with Gasteiger partial charge in [0.15, 0.2) is 0 Å². The van der Waals surface area contributed by atoms with Crippen LogP contribution < -0.4 is 10.5 Å². The van der Waals surface area contributed by atoms with Crippen molar-refractivity contribution in [1.29, 1.82) is 0 Å². The first-order chi connectivity index (χ1) is 8.75. The predicted molar refractivity (Wildman–Crippen MR) is 73.2 cm³/mol. The average molecular weight is 287 g/mol. The minimum atomic E-state index is -3.78. The molecule has 7 heteroatoms. The van der Waals surface area contributed by atoms with Crippen LogP contribution in [0.1, 0.15) is 43.6 Å². The van der Waals surface area contributed by atoms with Gasteiger partial charge >= 0.3 is 0 Å². The third-order valence-corrected chi connectivity index (χ3v) is 3.79. The van der Waals surface area contributed by atoms with Gasteiger partial charge in [-0.15, -0.1) is 0 Å². The second-order valence-corrected chi connectivity index (χ2v) is 6.30. The quantitative estimate of drug-likeness (QED) is 0.816. The number of rotatable bonds is 6. The highest BCUT2D eigenvalue weighted by Crippen LogP contribution is 2.12. The maximum atomic E-state index is 12.0. The topological polar surface area (TPSA) is 94.2 Å². The van der Waals surface area contributed by atoms with Gasteiger partial charge in [-0.05, 0) is 19.4 Å². The number of carbonyl (C=O) groups is 1. The molecule has 0 fully saturated rings. The molecular weight excluding hydrogens is 266 g/mol. The fraction of sp³-hybridized carbons (Fsp3) is 0.583. The van der Waals surface area contributed by atoms with Gasteiger partial charge < -0.3 is 9.88 Å². The van der Waals surface area contributed by atoms with Crippen molar-refractivity contribution in [3.05, 3.63) is 18.0 Å². The van der Waals surface area contributed by atoms with Crippen LogP contribution in [0.25, 0.3) is 0 Å². The largest absolute Gasteiger partial charge is 0.348 e. The van der Waals surface area contributed by atoms with E-state index in [2.05, 4.69) is 12.2 Å². The summed E-state index contributed by atoms with van der Waals surface area (Å²) in [6.45, 7) is 4.02. The Morgan fingerprint density at radius 3 is 2.63 bits per heavy atom. The van der Waals surface area contributed by atoms with Gasteiger partial charge in [0, 0.05) is 19.3 Å². The van der Waals surface area contributed by atoms with Crippen LogP contribution in [0.3, 0.4) is 0 Å². The van der Waals surface area contributed by atoms with Crippen molar-refractivity contribution in [2.24, 2.45) is 12.2 Å². The summed E-state index contributed by atoms with van der Waals surface area (Å²) in [5.41, 5.74) is 0.285. The van der Waals surface area contributed by atoms with E-state index in [1.807, 2.05) is 6.92 Å². The van der Waals surface area contributed by atoms with Crippen molar-refractivity contribution < 1.29 is 13.2 Å². The van der Waals surface area contributed by atoms with Crippen molar-refractivity contribution in [3.8, 4) is 0 Å². The third-order valence-electron chi connectivity index (χ3n) is 2.91. The molecule has 6 nitrogen and oxygen atoms in total. The summed E-state index contributed by atoms with van der Waals surface area (Å²) in [5, 5.41) is 7.87. The molecule has 0 aliphatic carbocycles. The van der Waals surface area contributed by atoms with Crippen LogP contribution in [0.4, 0.5) is 0 Å². The van der Waals surface area contributed by atoms with Crippen molar-refractivity contribution in [2.75, 3.05) is 0 Å². The first-order valence-corrected chi connectivity index (χ1v) is 7.80. The molecule has 0 aliphatic heterocycles. The number of amides is 1. The van der Waals surface area contributed by atoms with Crippen LogP contribution in [-0.4, -0.2) is 24.9 Å². The van der Waals surface area contributed by atoms with Gasteiger partial charge in [0.05, 0.1) is 0 Å². The molecule has 19 heavy (non-hydrogen) atoms. The van der Waals surface area contributed by atoms with Crippen LogP contribution in [-0.2, 0) is 17.1 Å². The molecule has 0 saturated heterocycles. The van der Waals surface area contributed by atoms with Gasteiger partial charge in [0.25, 0.3) is 5.91 Å². The predicted octanol–water partition coefficient (Wildman–Crippen LogP) is 0.981. The van der Waals surface area contributed by atoms with Gasteiger partial charge in [0.1, 0.15) is 10.6 Å². The van der Waals surface area contributed by atoms with E-state index in [0.29, 0.717) is 0 Å². The Hall–Kier alpha value is -1.34. The van der Waals surface area contributed by atoms with E-state index in [-0.39, 0.29) is 22.5 Å². The Morgan fingerprint density at radius 2 is 2.16 bits per heavy atom. The number of hydrogen-bond acceptors (Lipinski definition) is 3. The number of aryl methyl sites for hydroxylation is 1. The summed E-state index contributed by atoms with van der Waals surface area (Å²) < 4.78 is 23.9. The monoisotopic (exact) mass is 287 g/mol. The van der Waals surface area contributed by atoms with Crippen LogP contribution in [0, 0.1) is 0 Å². The number of sulfonamides is 1. The normalized spacial score (nSPS) is 13.3. The van der Waals surface area contributed by atoms with Crippen molar-refractivity contribution in [3.63, 3.8) is 0 Å². The molecule has 0 aliphatic rings. The zero-order chi connectivity index (χ0) is 14.6. The molecule has 108 valence electrons. The SMILES string of the molecule is CCCCC(C)NC(=O)c1cc(S(N)(=O)=O)cn1C. The van der Waals surface area contributed by atoms with Crippen LogP contribution in [0.2, 0.25) is 0 Å². The van der Waals surface area contributed by atoms with Gasteiger partial charge in [-0.1, -0.05) is 19.8 Å². The highest BCUT2D eigenvalue weighted by Gasteiger charge is 2.18. The first kappa shape index (κ1) is 15.7. The van der Waals surface area contributed by atoms with E-state index in [1.54, 1.807) is 7.05 Å². The number of hydrogen-bond donors (Lipinski definition) is 2. The summed E-state index contributed by atoms with van der Waals surface area (Å²) in [4.78, 5) is 12.0. The van der Waals surface area contributed by atoms with Crippen LogP contribution >= 0.6 is 0 Å². The molecule has 1 aromatic rings. The fourth-order valence-corrected chi connectivity index (χ4v) is 2.38. The fourth-order valence-electron chi connectivity index (χ4n) is 1.80. The zero-order valence-corrected chi connectivity index (χ0v) is 12.3. The smallest absolute Gasteiger partial charge is 0.268 e. The lowest BCUT2D eigenvalue weighted by molar-refractivity contribution is 0.0929. The molecule has 0 radical (unpaired) electrons. The van der Waals surface area contributed by atoms with E-state index in [1.165, 1.54) is 16.8 Å². The Balaban J connectivity index is 2.81. The number of unbranched alkanes of at least 4 members (excludes halogenated alkanes) is 1. The number of nitrogens with one attached hydrogen (secondary N) is 1. The molecule has 1 heterocycles. The molecule has 0 saturated carbocycles. The Labute approximate surface area is 114 Å². The van der Waals surface area contributed by atoms with E-state index < -0.39 is 10.0 Å². The number of carbonyl (C=O) groups excluding carboxylic acids is 1. The summed E-state index contributed by atoms with van der Waals surface area (Å²) in [6, 6.07) is 1.34. The van der Waals surface area contributed by atoms with E-state index >= 15 is 0 Å². The highest BCUT2D eigenvalue weighted by atomic mass is 32.2. The second kappa shape index (κ2) is 6.21. The van der Waals surface area contributed by atoms with Gasteiger partial charge in [-0.3, -0.25) is 4.79 Å². The minimum Gasteiger partial charge on any atom is -0.348 e. The van der Waals surface area contributed by atoms with Crippen LogP contribution in [0.15, 0.2) is 17.2 Å². The average Bonchev–Trinajstić information content (AvgIpc) is 2.68. The number of nitrogens with zero attached hydrogens (tertiary/aromatic N) is 1. The molecule has 0 spiro atoms. The van der Waals surface area contributed by atoms with Gasteiger partial charge in [0.2, 0.25) is 10.0 Å². The first-order valence-electron chi connectivity index (χ1n) is 6.25. The Kier molecular flexibility index (Phi) is 5.13. The molecule has 0 aromatic carbocycles. The van der Waals surface area contributed by atoms with E-state index in [9.17, 15) is 13.2 Å². The molecular formula is C12H21N3O3S. The Bertz CT molecular complexity index is 549. The maximum Gasteiger partial charge on any atom is 0.268 e. The van der Waals surface area contributed by atoms with E-state index in [0.717, 1.165) is 19.3 Å². The van der Waals surface area contributed by atoms with E-state index in [4.69, 9.17) is 5.14 Å². The van der Waals surface area contributed by atoms with Crippen LogP contribution in [0.5, 0.6) is 0 Å². The molecule has 1 aromatic heterocycles. The zero-order valence-electron chi connectivity index (χ0n) is 11.5. The molecule has 1 amide bonds. The highest BCUT2D eigenvalue weighted by molar-refractivity contribution is 7.89. The number of primary sulfonamides is 1. The number of aromatic nitrogens is 1. The summed E-state index contributed by atoms with van der Waals surface area (Å²) in [5.74, 6) is -0.291. The van der Waals surface area contributed by atoms with Crippen molar-refractivity contribution in [2.45, 2.75) is 44.0 Å². The Morgan fingerprint density at radius 1 is 1.53 bits per heavy atom. The lowest BCUT2D eigenvalue weighted by atomic mass is 10.1. The molecule has 0 bridgehead atoms. The van der Waals surface area contributed by atoms with Crippen molar-refractivity contribution in [1.82, 2.24) is 9.88 Å². The summed E-state index contributed by atoms with van der Waals surface area (Å²) in [7, 11) is -2.17. The second-order valence-electron chi connectivity index (χ2n) is 4.73. The standard InChI is InChI=1S/C12H21N3O3S/c1-4-5-6-9(2)14-12(16)11-7-10(8-15(11)3)19(13,17)18/h7-9H,4-6H2,1-3H3,(H,14,16)(H2,13,17,18). The molecule has 1 unspecified atom stereocenters. The van der Waals surface area contributed by atoms with Crippen molar-refractivity contribution >= 4 is 15.9 Å². The maximum absolute atomic E-state index is 12.0.